The van der Waals surface area contributed by atoms with E-state index in [1.807, 2.05) is 26.2 Å². The first kappa shape index (κ1) is 24.5. The van der Waals surface area contributed by atoms with Crippen molar-refractivity contribution in [1.29, 1.82) is 0 Å². The van der Waals surface area contributed by atoms with E-state index in [1.165, 1.54) is 20.9 Å². The van der Waals surface area contributed by atoms with Gasteiger partial charge in [-0.05, 0) is 59.1 Å². The van der Waals surface area contributed by atoms with Gasteiger partial charge < -0.3 is 5.32 Å². The molecule has 0 atom stereocenters. The van der Waals surface area contributed by atoms with Crippen molar-refractivity contribution in [2.75, 3.05) is 11.1 Å². The summed E-state index contributed by atoms with van der Waals surface area (Å²) >= 11 is 8.53. The van der Waals surface area contributed by atoms with E-state index < -0.39 is 0 Å². The minimum absolute atomic E-state index is 0.812. The van der Waals surface area contributed by atoms with E-state index in [0.717, 1.165) is 33.6 Å². The van der Waals surface area contributed by atoms with Gasteiger partial charge in [0.2, 0.25) is 0 Å². The normalized spacial score (nSPS) is 11.7. The maximum absolute atomic E-state index is 4.99. The molecule has 1 aromatic heterocycles. The lowest BCUT2D eigenvalue weighted by atomic mass is 10.1. The number of aromatic nitrogens is 1. The van der Waals surface area contributed by atoms with Crippen LogP contribution in [0.2, 0.25) is 0 Å². The molecule has 0 bridgehead atoms. The third-order valence-corrected chi connectivity index (χ3v) is 6.23. The van der Waals surface area contributed by atoms with Crippen LogP contribution in [0.1, 0.15) is 50.3 Å². The molecule has 0 aliphatic carbocycles. The minimum atomic E-state index is 0.812. The molecule has 0 amide bonds. The quantitative estimate of drug-likeness (QED) is 0.293. The molecular formula is C22H31N3S3. The van der Waals surface area contributed by atoms with Crippen molar-refractivity contribution in [2.24, 2.45) is 4.99 Å². The van der Waals surface area contributed by atoms with E-state index in [2.05, 4.69) is 68.1 Å². The number of benzene rings is 1. The van der Waals surface area contributed by atoms with Gasteiger partial charge in [-0.1, -0.05) is 42.9 Å². The van der Waals surface area contributed by atoms with Crippen molar-refractivity contribution < 1.29 is 0 Å². The fraction of sp³-hybridized carbons (Fsp3) is 0.409. The largest absolute Gasteiger partial charge is 0.350 e. The van der Waals surface area contributed by atoms with Crippen molar-refractivity contribution in [2.45, 2.75) is 59.1 Å². The van der Waals surface area contributed by atoms with Crippen LogP contribution in [0.3, 0.4) is 0 Å². The Kier molecular flexibility index (Phi) is 11.3. The van der Waals surface area contributed by atoms with Crippen molar-refractivity contribution >= 4 is 51.7 Å². The van der Waals surface area contributed by atoms with Crippen LogP contribution in [0.15, 0.2) is 45.4 Å². The highest BCUT2D eigenvalue weighted by atomic mass is 32.2. The average molecular weight is 434 g/mol. The Bertz CT molecular complexity index is 815. The standard InChI is InChI=1S/C12H18N2S2.C10H13NS/c1-5-9(2)6-13-10(3)8-15-12-7-14-11(4)16-12;1-7-5-4-6-8(2)10(7)11-9(3)12/h6-7H,5,8H2,1-4H3;4-6H,1-3H3,(H,11,12)/b9-6+,13-10?;. The molecular weight excluding hydrogens is 402 g/mol. The van der Waals surface area contributed by atoms with Gasteiger partial charge in [0.15, 0.2) is 0 Å². The minimum Gasteiger partial charge on any atom is -0.350 e. The molecule has 0 radical (unpaired) electrons. The first-order valence-corrected chi connectivity index (χ1v) is 11.5. The maximum Gasteiger partial charge on any atom is 0.0905 e. The molecule has 0 unspecified atom stereocenters. The van der Waals surface area contributed by atoms with Crippen LogP contribution in [0.5, 0.6) is 0 Å². The second-order valence-electron chi connectivity index (χ2n) is 6.63. The van der Waals surface area contributed by atoms with Gasteiger partial charge in [-0.25, -0.2) is 4.98 Å². The fourth-order valence-electron chi connectivity index (χ4n) is 2.12. The number of anilines is 1. The van der Waals surface area contributed by atoms with Gasteiger partial charge >= 0.3 is 0 Å². The highest BCUT2D eigenvalue weighted by molar-refractivity contribution is 8.01. The number of rotatable bonds is 6. The summed E-state index contributed by atoms with van der Waals surface area (Å²) in [7, 11) is 0. The molecule has 28 heavy (non-hydrogen) atoms. The molecule has 152 valence electrons. The van der Waals surface area contributed by atoms with Gasteiger partial charge in [0.05, 0.1) is 20.4 Å². The molecule has 6 heteroatoms. The summed E-state index contributed by atoms with van der Waals surface area (Å²) in [5.74, 6) is 0.940. The second kappa shape index (κ2) is 12.9. The zero-order valence-corrected chi connectivity index (χ0v) is 20.4. The van der Waals surface area contributed by atoms with Crippen molar-refractivity contribution in [1.82, 2.24) is 4.98 Å². The summed E-state index contributed by atoms with van der Waals surface area (Å²) in [4.78, 5) is 9.48. The topological polar surface area (TPSA) is 37.3 Å². The molecule has 1 heterocycles. The van der Waals surface area contributed by atoms with Crippen molar-refractivity contribution in [3.63, 3.8) is 0 Å². The monoisotopic (exact) mass is 433 g/mol. The fourth-order valence-corrected chi connectivity index (χ4v) is 4.05. The molecule has 0 spiro atoms. The second-order valence-corrected chi connectivity index (χ2v) is 9.75. The lowest BCUT2D eigenvalue weighted by Gasteiger charge is -2.10. The Morgan fingerprint density at radius 2 is 1.86 bits per heavy atom. The van der Waals surface area contributed by atoms with E-state index in [1.54, 1.807) is 23.1 Å². The van der Waals surface area contributed by atoms with Gasteiger partial charge in [0, 0.05) is 23.4 Å². The summed E-state index contributed by atoms with van der Waals surface area (Å²) < 4.78 is 1.27. The van der Waals surface area contributed by atoms with E-state index >= 15 is 0 Å². The lowest BCUT2D eigenvalue weighted by Crippen LogP contribution is -2.06. The summed E-state index contributed by atoms with van der Waals surface area (Å²) in [6.07, 6.45) is 4.97. The first-order chi connectivity index (χ1) is 13.2. The third-order valence-electron chi connectivity index (χ3n) is 3.87. The molecule has 1 aromatic carbocycles. The SMILES string of the molecule is CC(=S)Nc1c(C)cccc1C.CC/C(C)=C/N=C(C)CSc1cnc(C)s1. The first-order valence-electron chi connectivity index (χ1n) is 9.30. The number of thioether (sulfide) groups is 1. The molecule has 1 N–H and O–H groups in total. The summed E-state index contributed by atoms with van der Waals surface area (Å²) in [5, 5.41) is 4.30. The summed E-state index contributed by atoms with van der Waals surface area (Å²) in [6, 6.07) is 6.20. The number of hydrogen-bond acceptors (Lipinski definition) is 5. The molecule has 2 aromatic rings. The van der Waals surface area contributed by atoms with Crippen LogP contribution in [0.25, 0.3) is 0 Å². The molecule has 3 nitrogen and oxygen atoms in total. The smallest absolute Gasteiger partial charge is 0.0905 e. The number of nitrogens with one attached hydrogen (secondary N) is 1. The molecule has 0 saturated heterocycles. The Morgan fingerprint density at radius 3 is 2.36 bits per heavy atom. The van der Waals surface area contributed by atoms with Crippen molar-refractivity contribution in [3.8, 4) is 0 Å². The van der Waals surface area contributed by atoms with E-state index in [9.17, 15) is 0 Å². The number of hydrogen-bond donors (Lipinski definition) is 1. The Morgan fingerprint density at radius 1 is 1.21 bits per heavy atom. The number of para-hydroxylation sites is 1. The zero-order chi connectivity index (χ0) is 21.1. The summed E-state index contributed by atoms with van der Waals surface area (Å²) in [6.45, 7) is 14.4. The predicted molar refractivity (Wildman–Crippen MR) is 133 cm³/mol. The van der Waals surface area contributed by atoms with E-state index in [0.29, 0.717) is 0 Å². The Hall–Kier alpha value is -1.50. The van der Waals surface area contributed by atoms with Gasteiger partial charge in [-0.2, -0.15) is 0 Å². The van der Waals surface area contributed by atoms with Crippen LogP contribution in [0, 0.1) is 20.8 Å². The third kappa shape index (κ3) is 9.62. The molecule has 0 aliphatic heterocycles. The number of thiocarbonyl (C=S) groups is 1. The number of allylic oxidation sites excluding steroid dienone is 1. The maximum atomic E-state index is 4.99. The number of aliphatic imine (C=N–C) groups is 1. The van der Waals surface area contributed by atoms with E-state index in [-0.39, 0.29) is 0 Å². The zero-order valence-electron chi connectivity index (χ0n) is 17.9. The molecule has 2 rings (SSSR count). The van der Waals surface area contributed by atoms with Gasteiger partial charge in [0.1, 0.15) is 0 Å². The van der Waals surface area contributed by atoms with Crippen LogP contribution >= 0.6 is 35.3 Å². The van der Waals surface area contributed by atoms with Gasteiger partial charge in [-0.3, -0.25) is 4.99 Å². The summed E-state index contributed by atoms with van der Waals surface area (Å²) in [5.41, 5.74) is 6.09. The van der Waals surface area contributed by atoms with Crippen LogP contribution in [-0.2, 0) is 0 Å². The molecule has 0 fully saturated rings. The van der Waals surface area contributed by atoms with Gasteiger partial charge in [-0.15, -0.1) is 23.1 Å². The Balaban J connectivity index is 0.000000292. The van der Waals surface area contributed by atoms with Crippen LogP contribution in [-0.4, -0.2) is 21.4 Å². The van der Waals surface area contributed by atoms with E-state index in [4.69, 9.17) is 12.2 Å². The van der Waals surface area contributed by atoms with Crippen LogP contribution in [0.4, 0.5) is 5.69 Å². The van der Waals surface area contributed by atoms with Crippen molar-refractivity contribution in [3.05, 3.63) is 52.3 Å². The van der Waals surface area contributed by atoms with Crippen LogP contribution < -0.4 is 5.32 Å². The number of nitrogens with zero attached hydrogens (tertiary/aromatic N) is 2. The lowest BCUT2D eigenvalue weighted by molar-refractivity contribution is 1.09. The average Bonchev–Trinajstić information content (AvgIpc) is 3.07. The highest BCUT2D eigenvalue weighted by Gasteiger charge is 2.01. The Labute approximate surface area is 183 Å². The predicted octanol–water partition coefficient (Wildman–Crippen LogP) is 7.38. The number of aryl methyl sites for hydroxylation is 3. The highest BCUT2D eigenvalue weighted by Crippen LogP contribution is 2.24. The molecule has 0 aliphatic rings. The molecule has 0 saturated carbocycles. The van der Waals surface area contributed by atoms with Gasteiger partial charge in [0.25, 0.3) is 0 Å². The number of thiazole rings is 1.